The molecule has 0 aliphatic carbocycles. The molecule has 148 valence electrons. The first-order chi connectivity index (χ1) is 13.2. The summed E-state index contributed by atoms with van der Waals surface area (Å²) in [5.74, 6) is 0.599. The van der Waals surface area contributed by atoms with E-state index in [1.54, 1.807) is 15.8 Å². The highest BCUT2D eigenvalue weighted by molar-refractivity contribution is 6.28. The Bertz CT molecular complexity index is 1040. The summed E-state index contributed by atoms with van der Waals surface area (Å²) in [6.45, 7) is 6.41. The van der Waals surface area contributed by atoms with E-state index < -0.39 is 5.60 Å². The number of aromatic amines is 1. The highest BCUT2D eigenvalue weighted by Gasteiger charge is 2.33. The van der Waals surface area contributed by atoms with Gasteiger partial charge in [-0.3, -0.25) is 9.58 Å². The van der Waals surface area contributed by atoms with Gasteiger partial charge in [-0.15, -0.1) is 0 Å². The zero-order valence-corrected chi connectivity index (χ0v) is 16.9. The van der Waals surface area contributed by atoms with E-state index in [0.29, 0.717) is 24.6 Å². The molecule has 9 nitrogen and oxygen atoms in total. The number of nitrogens with zero attached hydrogens (tertiary/aromatic N) is 5. The van der Waals surface area contributed by atoms with Crippen LogP contribution in [0.2, 0.25) is 5.28 Å². The molecule has 1 aliphatic heterocycles. The molecule has 1 unspecified atom stereocenters. The number of nitrogens with one attached hydrogen (secondary N) is 2. The summed E-state index contributed by atoms with van der Waals surface area (Å²) in [5.41, 5.74) is 2.04. The summed E-state index contributed by atoms with van der Waals surface area (Å²) in [5, 5.41) is 8.74. The second-order valence-corrected chi connectivity index (χ2v) is 8.15. The van der Waals surface area contributed by atoms with Crippen molar-refractivity contribution in [2.24, 2.45) is 7.05 Å². The Balaban J connectivity index is 1.67. The highest BCUT2D eigenvalue weighted by Crippen LogP contribution is 2.32. The maximum atomic E-state index is 12.7. The van der Waals surface area contributed by atoms with E-state index in [0.717, 1.165) is 16.6 Å². The maximum Gasteiger partial charge on any atom is 0.410 e. The van der Waals surface area contributed by atoms with Gasteiger partial charge in [-0.25, -0.2) is 9.78 Å². The molecule has 1 atom stereocenters. The van der Waals surface area contributed by atoms with Gasteiger partial charge < -0.3 is 15.0 Å². The minimum Gasteiger partial charge on any atom is -0.444 e. The van der Waals surface area contributed by atoms with Gasteiger partial charge in [0, 0.05) is 25.4 Å². The number of rotatable bonds is 2. The minimum atomic E-state index is -0.565. The molecule has 28 heavy (non-hydrogen) atoms. The van der Waals surface area contributed by atoms with Gasteiger partial charge in [0.05, 0.1) is 29.9 Å². The fourth-order valence-electron chi connectivity index (χ4n) is 3.31. The summed E-state index contributed by atoms with van der Waals surface area (Å²) in [7, 11) is 1.86. The molecule has 2 N–H and O–H groups in total. The van der Waals surface area contributed by atoms with Gasteiger partial charge in [-0.05, 0) is 38.4 Å². The maximum absolute atomic E-state index is 12.7. The predicted octanol–water partition coefficient (Wildman–Crippen LogP) is 3.25. The van der Waals surface area contributed by atoms with Crippen LogP contribution in [0, 0.1) is 0 Å². The smallest absolute Gasteiger partial charge is 0.410 e. The predicted molar refractivity (Wildman–Crippen MR) is 105 cm³/mol. The zero-order valence-electron chi connectivity index (χ0n) is 16.2. The van der Waals surface area contributed by atoms with Crippen molar-refractivity contribution < 1.29 is 9.53 Å². The number of H-pyrrole nitrogens is 1. The fraction of sp³-hybridized carbons (Fsp3) is 0.444. The molecule has 4 heterocycles. The molecule has 0 fully saturated rings. The standard InChI is InChI=1S/C18H22ClN7O2/c1-18(2,3)28-17(27)26-8-12(11-7-21-25(4)13(11)9-26)22-15-10-5-6-20-14(10)23-16(19)24-15/h5-7,12H,8-9H2,1-4H3,(H2,20,22,23,24). The van der Waals surface area contributed by atoms with Crippen molar-refractivity contribution in [1.29, 1.82) is 0 Å². The van der Waals surface area contributed by atoms with Gasteiger partial charge in [0.15, 0.2) is 0 Å². The molecule has 10 heteroatoms. The number of fused-ring (bicyclic) bond motifs is 2. The molecule has 1 amide bonds. The van der Waals surface area contributed by atoms with Crippen LogP contribution in [-0.4, -0.2) is 47.9 Å². The largest absolute Gasteiger partial charge is 0.444 e. The van der Waals surface area contributed by atoms with Crippen LogP contribution in [0.15, 0.2) is 18.5 Å². The number of carbonyl (C=O) groups is 1. The first-order valence-electron chi connectivity index (χ1n) is 8.97. The van der Waals surface area contributed by atoms with Crippen LogP contribution in [0.5, 0.6) is 0 Å². The molecule has 0 spiro atoms. The number of ether oxygens (including phenoxy) is 1. The van der Waals surface area contributed by atoms with E-state index >= 15 is 0 Å². The Morgan fingerprint density at radius 1 is 1.39 bits per heavy atom. The van der Waals surface area contributed by atoms with Crippen LogP contribution in [0.1, 0.15) is 38.1 Å². The third-order valence-electron chi connectivity index (χ3n) is 4.56. The number of halogens is 1. The molecule has 0 saturated carbocycles. The third kappa shape index (κ3) is 3.49. The number of amides is 1. The summed E-state index contributed by atoms with van der Waals surface area (Å²) in [4.78, 5) is 25.9. The number of aryl methyl sites for hydroxylation is 1. The number of hydrogen-bond acceptors (Lipinski definition) is 6. The zero-order chi connectivity index (χ0) is 20.1. The monoisotopic (exact) mass is 403 g/mol. The summed E-state index contributed by atoms with van der Waals surface area (Å²) >= 11 is 6.07. The van der Waals surface area contributed by atoms with Crippen LogP contribution in [0.25, 0.3) is 11.0 Å². The van der Waals surface area contributed by atoms with Gasteiger partial charge in [0.1, 0.15) is 17.1 Å². The lowest BCUT2D eigenvalue weighted by molar-refractivity contribution is 0.0206. The van der Waals surface area contributed by atoms with Crippen molar-refractivity contribution in [2.45, 2.75) is 39.0 Å². The molecule has 4 rings (SSSR count). The first-order valence-corrected chi connectivity index (χ1v) is 9.35. The molecule has 3 aromatic heterocycles. The Kier molecular flexibility index (Phi) is 4.41. The molecule has 0 bridgehead atoms. The average Bonchev–Trinajstić information content (AvgIpc) is 3.20. The van der Waals surface area contributed by atoms with Gasteiger partial charge >= 0.3 is 6.09 Å². The van der Waals surface area contributed by atoms with Crippen molar-refractivity contribution in [1.82, 2.24) is 29.6 Å². The van der Waals surface area contributed by atoms with E-state index in [4.69, 9.17) is 16.3 Å². The van der Waals surface area contributed by atoms with Crippen LogP contribution in [-0.2, 0) is 18.3 Å². The summed E-state index contributed by atoms with van der Waals surface area (Å²) < 4.78 is 7.34. The van der Waals surface area contributed by atoms with Gasteiger partial charge in [-0.2, -0.15) is 10.1 Å². The highest BCUT2D eigenvalue weighted by atomic mass is 35.5. The van der Waals surface area contributed by atoms with E-state index in [1.807, 2.05) is 40.1 Å². The average molecular weight is 404 g/mol. The quantitative estimate of drug-likeness (QED) is 0.637. The van der Waals surface area contributed by atoms with Crippen LogP contribution < -0.4 is 5.32 Å². The molecule has 0 saturated heterocycles. The van der Waals surface area contributed by atoms with E-state index in [9.17, 15) is 4.79 Å². The Morgan fingerprint density at radius 2 is 2.18 bits per heavy atom. The van der Waals surface area contributed by atoms with Crippen LogP contribution in [0.3, 0.4) is 0 Å². The van der Waals surface area contributed by atoms with Crippen molar-refractivity contribution in [2.75, 3.05) is 11.9 Å². The molecular formula is C18H22ClN7O2. The van der Waals surface area contributed by atoms with Crippen molar-refractivity contribution in [3.05, 3.63) is 35.0 Å². The number of aromatic nitrogens is 5. The minimum absolute atomic E-state index is 0.142. The molecule has 1 aliphatic rings. The molecule has 0 radical (unpaired) electrons. The molecule has 3 aromatic rings. The molecule has 0 aromatic carbocycles. The first kappa shape index (κ1) is 18.5. The van der Waals surface area contributed by atoms with Crippen molar-refractivity contribution in [3.8, 4) is 0 Å². The lowest BCUT2D eigenvalue weighted by Gasteiger charge is -2.34. The second kappa shape index (κ2) is 6.66. The van der Waals surface area contributed by atoms with Crippen LogP contribution >= 0.6 is 11.6 Å². The van der Waals surface area contributed by atoms with E-state index in [2.05, 4.69) is 25.4 Å². The Labute approximate surface area is 167 Å². The third-order valence-corrected chi connectivity index (χ3v) is 4.73. The Morgan fingerprint density at radius 3 is 2.93 bits per heavy atom. The van der Waals surface area contributed by atoms with E-state index in [-0.39, 0.29) is 17.4 Å². The Hall–Kier alpha value is -2.81. The van der Waals surface area contributed by atoms with Crippen LogP contribution in [0.4, 0.5) is 10.6 Å². The molecular weight excluding hydrogens is 382 g/mol. The normalized spacial score (nSPS) is 16.9. The summed E-state index contributed by atoms with van der Waals surface area (Å²) in [6.07, 6.45) is 3.24. The van der Waals surface area contributed by atoms with Crippen molar-refractivity contribution in [3.63, 3.8) is 0 Å². The van der Waals surface area contributed by atoms with Gasteiger partial charge in [0.2, 0.25) is 5.28 Å². The number of carbonyl (C=O) groups excluding carboxylic acids is 1. The summed E-state index contributed by atoms with van der Waals surface area (Å²) in [6, 6.07) is 1.67. The number of hydrogen-bond donors (Lipinski definition) is 2. The lowest BCUT2D eigenvalue weighted by Crippen LogP contribution is -2.43. The van der Waals surface area contributed by atoms with Gasteiger partial charge in [-0.1, -0.05) is 0 Å². The fourth-order valence-corrected chi connectivity index (χ4v) is 3.48. The lowest BCUT2D eigenvalue weighted by atomic mass is 10.0. The SMILES string of the molecule is Cn1ncc2c1CN(C(=O)OC(C)(C)C)CC2Nc1nc(Cl)nc2[nH]ccc12. The van der Waals surface area contributed by atoms with Crippen molar-refractivity contribution >= 4 is 34.5 Å². The topological polar surface area (TPSA) is 101 Å². The van der Waals surface area contributed by atoms with E-state index in [1.165, 1.54) is 0 Å². The van der Waals surface area contributed by atoms with Gasteiger partial charge in [0.25, 0.3) is 0 Å². The number of anilines is 1. The second-order valence-electron chi connectivity index (χ2n) is 7.81.